The van der Waals surface area contributed by atoms with Crippen LogP contribution in [0.15, 0.2) is 18.3 Å². The van der Waals surface area contributed by atoms with Crippen molar-refractivity contribution in [2.75, 3.05) is 43.6 Å². The zero-order valence-corrected chi connectivity index (χ0v) is 19.6. The van der Waals surface area contributed by atoms with Crippen LogP contribution in [0.5, 0.6) is 0 Å². The van der Waals surface area contributed by atoms with Crippen LogP contribution in [0.2, 0.25) is 5.02 Å². The molecule has 4 rings (SSSR count). The maximum absolute atomic E-state index is 15.2. The number of aliphatic hydroxyl groups is 2. The highest BCUT2D eigenvalue weighted by molar-refractivity contribution is 6.33. The molecule has 0 saturated carbocycles. The SMILES string of the molecule is CC(C)n1c(N(C)CCO)nc2c(F)cc(-c3nc(N[C@@H]4CCOC[C@H]4O)ncc3Cl)cc21. The van der Waals surface area contributed by atoms with Crippen LogP contribution in [-0.4, -0.2) is 75.3 Å². The van der Waals surface area contributed by atoms with Crippen LogP contribution < -0.4 is 10.2 Å². The zero-order chi connectivity index (χ0) is 23.7. The van der Waals surface area contributed by atoms with Crippen molar-refractivity contribution in [3.63, 3.8) is 0 Å². The van der Waals surface area contributed by atoms with E-state index in [1.54, 1.807) is 11.9 Å². The van der Waals surface area contributed by atoms with Crippen LogP contribution in [0.3, 0.4) is 0 Å². The summed E-state index contributed by atoms with van der Waals surface area (Å²) in [5, 5.41) is 22.9. The fourth-order valence-corrected chi connectivity index (χ4v) is 4.20. The number of nitrogens with one attached hydrogen (secondary N) is 1. The quantitative estimate of drug-likeness (QED) is 0.475. The number of nitrogens with zero attached hydrogens (tertiary/aromatic N) is 5. The summed E-state index contributed by atoms with van der Waals surface area (Å²) in [7, 11) is 1.80. The minimum atomic E-state index is -0.676. The molecule has 2 atom stereocenters. The summed E-state index contributed by atoms with van der Waals surface area (Å²) >= 11 is 6.40. The predicted octanol–water partition coefficient (Wildman–Crippen LogP) is 2.86. The van der Waals surface area contributed by atoms with Gasteiger partial charge in [-0.05, 0) is 32.4 Å². The molecule has 1 aliphatic rings. The molecule has 1 aromatic carbocycles. The van der Waals surface area contributed by atoms with Gasteiger partial charge in [-0.1, -0.05) is 11.6 Å². The van der Waals surface area contributed by atoms with Crippen LogP contribution in [0, 0.1) is 5.82 Å². The van der Waals surface area contributed by atoms with Gasteiger partial charge in [-0.2, -0.15) is 0 Å². The highest BCUT2D eigenvalue weighted by atomic mass is 35.5. The number of hydrogen-bond donors (Lipinski definition) is 3. The number of hydrogen-bond acceptors (Lipinski definition) is 8. The Hall–Kier alpha value is -2.53. The Bertz CT molecular complexity index is 1140. The van der Waals surface area contributed by atoms with E-state index in [1.165, 1.54) is 12.3 Å². The minimum absolute atomic E-state index is 0.00565. The summed E-state index contributed by atoms with van der Waals surface area (Å²) in [6.45, 7) is 5.08. The lowest BCUT2D eigenvalue weighted by atomic mass is 10.1. The van der Waals surface area contributed by atoms with Crippen molar-refractivity contribution >= 4 is 34.5 Å². The van der Waals surface area contributed by atoms with Gasteiger partial charge in [0, 0.05) is 31.8 Å². The number of fused-ring (bicyclic) bond motifs is 1. The van der Waals surface area contributed by atoms with Gasteiger partial charge in [0.25, 0.3) is 0 Å². The normalized spacial score (nSPS) is 18.8. The standard InChI is InChI=1S/C22H28ClFN6O3/c1-12(2)30-17-9-13(8-15(24)20(17)28-22(30)29(3)5-6-31)19-14(23)10-25-21(27-19)26-16-4-7-33-11-18(16)32/h8-10,12,16,18,31-32H,4-7,11H2,1-3H3,(H,25,26,27)/t16-,18-/m1/s1. The number of aromatic nitrogens is 4. The Morgan fingerprint density at radius 3 is 2.85 bits per heavy atom. The van der Waals surface area contributed by atoms with Crippen LogP contribution in [0.4, 0.5) is 16.3 Å². The first-order valence-corrected chi connectivity index (χ1v) is 11.3. The molecule has 1 aliphatic heterocycles. The fraction of sp³-hybridized carbons (Fsp3) is 0.500. The number of benzene rings is 1. The van der Waals surface area contributed by atoms with E-state index in [4.69, 9.17) is 16.3 Å². The summed E-state index contributed by atoms with van der Waals surface area (Å²) in [5.41, 5.74) is 1.70. The van der Waals surface area contributed by atoms with Crippen LogP contribution >= 0.6 is 11.6 Å². The molecule has 0 radical (unpaired) electrons. The maximum atomic E-state index is 15.2. The molecule has 0 aliphatic carbocycles. The van der Waals surface area contributed by atoms with Crippen LogP contribution in [0.1, 0.15) is 26.3 Å². The Balaban J connectivity index is 1.77. The van der Waals surface area contributed by atoms with Crippen molar-refractivity contribution in [2.24, 2.45) is 0 Å². The molecule has 2 aromatic heterocycles. The Morgan fingerprint density at radius 1 is 1.36 bits per heavy atom. The van der Waals surface area contributed by atoms with E-state index >= 15 is 4.39 Å². The lowest BCUT2D eigenvalue weighted by Gasteiger charge is -2.28. The summed E-state index contributed by atoms with van der Waals surface area (Å²) < 4.78 is 22.4. The molecule has 0 amide bonds. The van der Waals surface area contributed by atoms with Crippen molar-refractivity contribution < 1.29 is 19.3 Å². The van der Waals surface area contributed by atoms with Crippen molar-refractivity contribution in [2.45, 2.75) is 38.5 Å². The molecule has 1 fully saturated rings. The minimum Gasteiger partial charge on any atom is -0.395 e. The molecule has 9 nitrogen and oxygen atoms in total. The first kappa shape index (κ1) is 23.6. The average Bonchev–Trinajstić information content (AvgIpc) is 3.17. The first-order valence-electron chi connectivity index (χ1n) is 10.9. The van der Waals surface area contributed by atoms with Crippen LogP contribution in [0.25, 0.3) is 22.3 Å². The largest absolute Gasteiger partial charge is 0.395 e. The summed E-state index contributed by atoms with van der Waals surface area (Å²) in [5.74, 6) is 0.362. The van der Waals surface area contributed by atoms with Gasteiger partial charge >= 0.3 is 0 Å². The fourth-order valence-electron chi connectivity index (χ4n) is 4.00. The molecule has 0 spiro atoms. The van der Waals surface area contributed by atoms with E-state index < -0.39 is 11.9 Å². The molecule has 11 heteroatoms. The van der Waals surface area contributed by atoms with E-state index in [2.05, 4.69) is 20.3 Å². The van der Waals surface area contributed by atoms with Gasteiger partial charge in [-0.3, -0.25) is 0 Å². The number of ether oxygens (including phenoxy) is 1. The molecule has 0 bridgehead atoms. The number of aliphatic hydroxyl groups excluding tert-OH is 2. The van der Waals surface area contributed by atoms with Crippen molar-refractivity contribution in [3.8, 4) is 11.3 Å². The highest BCUT2D eigenvalue weighted by Crippen LogP contribution is 2.34. The summed E-state index contributed by atoms with van der Waals surface area (Å²) in [4.78, 5) is 15.0. The van der Waals surface area contributed by atoms with E-state index in [0.717, 1.165) is 0 Å². The van der Waals surface area contributed by atoms with Gasteiger partial charge in [0.05, 0.1) is 47.8 Å². The van der Waals surface area contributed by atoms with Crippen molar-refractivity contribution in [3.05, 3.63) is 29.2 Å². The number of anilines is 2. The Kier molecular flexibility index (Phi) is 6.99. The van der Waals surface area contributed by atoms with Gasteiger partial charge < -0.3 is 29.7 Å². The third-order valence-corrected chi connectivity index (χ3v) is 5.96. The zero-order valence-electron chi connectivity index (χ0n) is 18.8. The third-order valence-electron chi connectivity index (χ3n) is 5.68. The van der Waals surface area contributed by atoms with Crippen molar-refractivity contribution in [1.29, 1.82) is 0 Å². The number of imidazole rings is 1. The predicted molar refractivity (Wildman–Crippen MR) is 125 cm³/mol. The second-order valence-corrected chi connectivity index (χ2v) is 8.83. The van der Waals surface area contributed by atoms with Gasteiger partial charge in [0.15, 0.2) is 5.82 Å². The van der Waals surface area contributed by atoms with Crippen LogP contribution in [-0.2, 0) is 4.74 Å². The van der Waals surface area contributed by atoms with E-state index in [0.29, 0.717) is 48.2 Å². The van der Waals surface area contributed by atoms with E-state index in [1.807, 2.05) is 24.5 Å². The second kappa shape index (κ2) is 9.76. The molecular formula is C22H28ClFN6O3. The molecule has 33 heavy (non-hydrogen) atoms. The van der Waals surface area contributed by atoms with Crippen molar-refractivity contribution in [1.82, 2.24) is 19.5 Å². The molecular weight excluding hydrogens is 451 g/mol. The van der Waals surface area contributed by atoms with Gasteiger partial charge in [-0.25, -0.2) is 19.3 Å². The summed E-state index contributed by atoms with van der Waals surface area (Å²) in [6, 6.07) is 2.91. The molecule has 1 saturated heterocycles. The summed E-state index contributed by atoms with van der Waals surface area (Å²) in [6.07, 6.45) is 1.39. The third kappa shape index (κ3) is 4.74. The number of likely N-dealkylation sites (N-methyl/N-ethyl adjacent to an activating group) is 1. The second-order valence-electron chi connectivity index (χ2n) is 8.42. The molecule has 0 unspecified atom stereocenters. The van der Waals surface area contributed by atoms with E-state index in [9.17, 15) is 10.2 Å². The van der Waals surface area contributed by atoms with E-state index in [-0.39, 0.29) is 35.8 Å². The van der Waals surface area contributed by atoms with Gasteiger partial charge in [0.2, 0.25) is 11.9 Å². The highest BCUT2D eigenvalue weighted by Gasteiger charge is 2.25. The van der Waals surface area contributed by atoms with Gasteiger partial charge in [-0.15, -0.1) is 0 Å². The lowest BCUT2D eigenvalue weighted by molar-refractivity contribution is -0.0136. The topological polar surface area (TPSA) is 109 Å². The molecule has 3 aromatic rings. The molecule has 178 valence electrons. The Labute approximate surface area is 196 Å². The monoisotopic (exact) mass is 478 g/mol. The number of halogens is 2. The van der Waals surface area contributed by atoms with Gasteiger partial charge in [0.1, 0.15) is 5.52 Å². The molecule has 3 N–H and O–H groups in total. The Morgan fingerprint density at radius 2 is 2.15 bits per heavy atom. The average molecular weight is 479 g/mol. The maximum Gasteiger partial charge on any atom is 0.223 e. The lowest BCUT2D eigenvalue weighted by Crippen LogP contribution is -2.42. The number of rotatable bonds is 7. The smallest absolute Gasteiger partial charge is 0.223 e. The first-order chi connectivity index (χ1) is 15.8. The molecule has 3 heterocycles.